The fraction of sp³-hybridized carbons (Fsp3) is 0.235. The summed E-state index contributed by atoms with van der Waals surface area (Å²) in [5, 5.41) is 4.22. The normalized spacial score (nSPS) is 12.7. The molecule has 0 atom stereocenters. The van der Waals surface area contributed by atoms with Gasteiger partial charge in [0.2, 0.25) is 0 Å². The molecule has 0 saturated heterocycles. The molecule has 2 nitrogen and oxygen atoms in total. The van der Waals surface area contributed by atoms with Gasteiger partial charge in [-0.3, -0.25) is 0 Å². The minimum Gasteiger partial charge on any atom is -0.448 e. The van der Waals surface area contributed by atoms with Crippen LogP contribution >= 0.6 is 31.9 Å². The van der Waals surface area contributed by atoms with Crippen LogP contribution in [0.4, 0.5) is 0 Å². The summed E-state index contributed by atoms with van der Waals surface area (Å²) in [5.74, 6) is 0. The average Bonchev–Trinajstić information content (AvgIpc) is 3.38. The topological polar surface area (TPSA) is 26.3 Å². The second-order valence-electron chi connectivity index (χ2n) is 12.1. The Morgan fingerprint density at radius 2 is 0.763 bits per heavy atom. The van der Waals surface area contributed by atoms with Crippen LogP contribution in [-0.4, -0.2) is 0 Å². The molecule has 2 aromatic heterocycles. The van der Waals surface area contributed by atoms with Gasteiger partial charge in [0.05, 0.1) is 0 Å². The van der Waals surface area contributed by atoms with E-state index >= 15 is 0 Å². The Morgan fingerprint density at radius 3 is 1.08 bits per heavy atom. The van der Waals surface area contributed by atoms with Crippen molar-refractivity contribution < 1.29 is 8.83 Å². The molecule has 6 rings (SSSR count). The maximum absolute atomic E-state index is 6.34. The summed E-state index contributed by atoms with van der Waals surface area (Å²) in [6.45, 7) is 13.4. The molecule has 4 heteroatoms. The van der Waals surface area contributed by atoms with E-state index in [4.69, 9.17) is 8.83 Å². The molecule has 0 aliphatic rings. The van der Waals surface area contributed by atoms with E-state index < -0.39 is 0 Å². The lowest BCUT2D eigenvalue weighted by Gasteiger charge is -2.19. The van der Waals surface area contributed by atoms with Crippen LogP contribution in [0.1, 0.15) is 52.7 Å². The van der Waals surface area contributed by atoms with Gasteiger partial charge in [0, 0.05) is 32.7 Å². The van der Waals surface area contributed by atoms with Gasteiger partial charge >= 0.3 is 0 Å². The van der Waals surface area contributed by atoms with E-state index in [0.29, 0.717) is 0 Å². The van der Waals surface area contributed by atoms with Crippen molar-refractivity contribution in [3.8, 4) is 22.3 Å². The number of furan rings is 2. The standard InChI is InChI=1S/C34H30Br2O2/c1-33(2,3)21-11-7-19(8-12-21)27-25-17-15-24-23(29(25)37-31(27)35)16-18-26-28(32(36)38-30(24)26)20-9-13-22(14-10-20)34(4,5)6/h7-18H,1-6H3. The van der Waals surface area contributed by atoms with Crippen molar-refractivity contribution in [3.63, 3.8) is 0 Å². The lowest BCUT2D eigenvalue weighted by atomic mass is 9.86. The molecule has 38 heavy (non-hydrogen) atoms. The van der Waals surface area contributed by atoms with Crippen LogP contribution in [0.25, 0.3) is 55.0 Å². The molecular weight excluding hydrogens is 600 g/mol. The summed E-state index contributed by atoms with van der Waals surface area (Å²) in [6, 6.07) is 26.2. The molecule has 192 valence electrons. The molecule has 4 aromatic carbocycles. The van der Waals surface area contributed by atoms with E-state index in [9.17, 15) is 0 Å². The zero-order valence-electron chi connectivity index (χ0n) is 22.5. The van der Waals surface area contributed by atoms with Crippen molar-refractivity contribution in [2.45, 2.75) is 52.4 Å². The monoisotopic (exact) mass is 628 g/mol. The number of halogens is 2. The van der Waals surface area contributed by atoms with Crippen molar-refractivity contribution in [2.24, 2.45) is 0 Å². The molecule has 0 spiro atoms. The molecule has 0 aliphatic carbocycles. The third kappa shape index (κ3) is 4.13. The minimum absolute atomic E-state index is 0.112. The highest BCUT2D eigenvalue weighted by atomic mass is 79.9. The molecule has 0 N–H and O–H groups in total. The van der Waals surface area contributed by atoms with Crippen molar-refractivity contribution in [3.05, 3.63) is 93.3 Å². The first-order valence-corrected chi connectivity index (χ1v) is 14.5. The van der Waals surface area contributed by atoms with E-state index in [1.54, 1.807) is 0 Å². The van der Waals surface area contributed by atoms with Crippen molar-refractivity contribution in [1.29, 1.82) is 0 Å². The molecule has 0 radical (unpaired) electrons. The zero-order valence-corrected chi connectivity index (χ0v) is 25.7. The van der Waals surface area contributed by atoms with E-state index in [0.717, 1.165) is 64.3 Å². The lowest BCUT2D eigenvalue weighted by Crippen LogP contribution is -2.10. The predicted molar refractivity (Wildman–Crippen MR) is 167 cm³/mol. The summed E-state index contributed by atoms with van der Waals surface area (Å²) in [4.78, 5) is 0. The van der Waals surface area contributed by atoms with Crippen LogP contribution in [0.2, 0.25) is 0 Å². The Balaban J connectivity index is 1.50. The molecule has 0 amide bonds. The van der Waals surface area contributed by atoms with Crippen LogP contribution in [0.5, 0.6) is 0 Å². The average molecular weight is 630 g/mol. The van der Waals surface area contributed by atoms with Gasteiger partial charge in [-0.1, -0.05) is 90.1 Å². The number of fused-ring (bicyclic) bond motifs is 5. The van der Waals surface area contributed by atoms with Gasteiger partial charge in [0.25, 0.3) is 0 Å². The third-order valence-electron chi connectivity index (χ3n) is 7.50. The van der Waals surface area contributed by atoms with Gasteiger partial charge in [-0.25, -0.2) is 0 Å². The smallest absolute Gasteiger partial charge is 0.178 e. The predicted octanol–water partition coefficient (Wildman–Crippen LogP) is 11.8. The van der Waals surface area contributed by atoms with Crippen LogP contribution in [0.3, 0.4) is 0 Å². The Kier molecular flexibility index (Phi) is 5.93. The van der Waals surface area contributed by atoms with Gasteiger partial charge in [-0.2, -0.15) is 0 Å². The highest BCUT2D eigenvalue weighted by Gasteiger charge is 2.22. The quantitative estimate of drug-likeness (QED) is 0.190. The lowest BCUT2D eigenvalue weighted by molar-refractivity contribution is 0.588. The second-order valence-corrected chi connectivity index (χ2v) is 13.6. The summed E-state index contributed by atoms with van der Waals surface area (Å²) < 4.78 is 14.2. The summed E-state index contributed by atoms with van der Waals surface area (Å²) in [7, 11) is 0. The van der Waals surface area contributed by atoms with Gasteiger partial charge in [-0.15, -0.1) is 0 Å². The van der Waals surface area contributed by atoms with Gasteiger partial charge in [0.1, 0.15) is 11.2 Å². The molecule has 0 aliphatic heterocycles. The molecule has 0 bridgehead atoms. The zero-order chi connectivity index (χ0) is 27.0. The molecule has 0 unspecified atom stereocenters. The van der Waals surface area contributed by atoms with Crippen LogP contribution in [0.15, 0.2) is 91.0 Å². The Labute approximate surface area is 240 Å². The van der Waals surface area contributed by atoms with Crippen LogP contribution in [0, 0.1) is 0 Å². The van der Waals surface area contributed by atoms with E-state index in [1.807, 2.05) is 0 Å². The first-order chi connectivity index (χ1) is 17.9. The molecule has 0 fully saturated rings. The van der Waals surface area contributed by atoms with Gasteiger partial charge in [0.15, 0.2) is 9.34 Å². The highest BCUT2D eigenvalue weighted by molar-refractivity contribution is 9.10. The van der Waals surface area contributed by atoms with E-state index in [1.165, 1.54) is 11.1 Å². The summed E-state index contributed by atoms with van der Waals surface area (Å²) in [5.41, 5.74) is 8.96. The van der Waals surface area contributed by atoms with Gasteiger partial charge < -0.3 is 8.83 Å². The summed E-state index contributed by atoms with van der Waals surface area (Å²) in [6.07, 6.45) is 0. The number of rotatable bonds is 2. The Bertz CT molecular complexity index is 1680. The maximum Gasteiger partial charge on any atom is 0.178 e. The highest BCUT2D eigenvalue weighted by Crippen LogP contribution is 2.46. The molecule has 0 saturated carbocycles. The minimum atomic E-state index is 0.112. The Hall–Kier alpha value is -2.82. The van der Waals surface area contributed by atoms with E-state index in [-0.39, 0.29) is 10.8 Å². The second kappa shape index (κ2) is 8.86. The number of hydrogen-bond acceptors (Lipinski definition) is 2. The van der Waals surface area contributed by atoms with Crippen molar-refractivity contribution in [1.82, 2.24) is 0 Å². The molecule has 6 aromatic rings. The molecular formula is C34H30Br2O2. The Morgan fingerprint density at radius 1 is 0.447 bits per heavy atom. The number of hydrogen-bond donors (Lipinski definition) is 0. The van der Waals surface area contributed by atoms with Crippen molar-refractivity contribution in [2.75, 3.05) is 0 Å². The first-order valence-electron chi connectivity index (χ1n) is 12.9. The fourth-order valence-corrected chi connectivity index (χ4v) is 6.48. The largest absolute Gasteiger partial charge is 0.448 e. The first kappa shape index (κ1) is 25.5. The molecule has 2 heterocycles. The maximum atomic E-state index is 6.34. The third-order valence-corrected chi connectivity index (χ3v) is 8.61. The fourth-order valence-electron chi connectivity index (χ4n) is 5.27. The van der Waals surface area contributed by atoms with Crippen molar-refractivity contribution >= 4 is 64.6 Å². The van der Waals surface area contributed by atoms with Crippen LogP contribution < -0.4 is 0 Å². The SMILES string of the molecule is CC(C)(C)c1ccc(-c2c(Br)oc3c2ccc2c3ccc3c(-c4ccc(C(C)(C)C)cc4)c(Br)oc32)cc1. The van der Waals surface area contributed by atoms with Crippen LogP contribution in [-0.2, 0) is 10.8 Å². The number of benzene rings is 4. The summed E-state index contributed by atoms with van der Waals surface area (Å²) >= 11 is 7.42. The van der Waals surface area contributed by atoms with Gasteiger partial charge in [-0.05, 0) is 89.2 Å². The van der Waals surface area contributed by atoms with E-state index in [2.05, 4.69) is 146 Å².